The molecule has 0 spiro atoms. The van der Waals surface area contributed by atoms with E-state index in [9.17, 15) is 4.79 Å². The van der Waals surface area contributed by atoms with E-state index in [2.05, 4.69) is 15.8 Å². The molecule has 0 fully saturated rings. The minimum Gasteiger partial charge on any atom is -0.409 e. The summed E-state index contributed by atoms with van der Waals surface area (Å²) in [6.45, 7) is 2.30. The van der Waals surface area contributed by atoms with Gasteiger partial charge in [-0.1, -0.05) is 5.16 Å². The molecule has 0 radical (unpaired) electrons. The minimum absolute atomic E-state index is 0.0798. The lowest BCUT2D eigenvalue weighted by molar-refractivity contribution is -0.114. The molecular formula is C13H20N4O2. The van der Waals surface area contributed by atoms with E-state index in [1.807, 2.05) is 24.3 Å². The predicted octanol–water partition coefficient (Wildman–Crippen LogP) is 1.97. The van der Waals surface area contributed by atoms with Gasteiger partial charge in [0.15, 0.2) is 0 Å². The Balaban J connectivity index is 2.24. The van der Waals surface area contributed by atoms with Crippen molar-refractivity contribution in [2.24, 2.45) is 10.9 Å². The van der Waals surface area contributed by atoms with Gasteiger partial charge in [0.1, 0.15) is 5.84 Å². The number of amides is 1. The number of unbranched alkanes of at least 4 members (excludes halogenated alkanes) is 1. The molecule has 0 aliphatic heterocycles. The molecule has 0 atom stereocenters. The van der Waals surface area contributed by atoms with Crippen molar-refractivity contribution in [2.75, 3.05) is 17.2 Å². The second-order valence-electron chi connectivity index (χ2n) is 4.23. The lowest BCUT2D eigenvalue weighted by Gasteiger charge is -2.07. The predicted molar refractivity (Wildman–Crippen MR) is 76.5 cm³/mol. The highest BCUT2D eigenvalue weighted by Crippen LogP contribution is 2.13. The normalized spacial score (nSPS) is 11.1. The zero-order valence-corrected chi connectivity index (χ0v) is 11.0. The number of nitrogens with two attached hydrogens (primary N) is 1. The molecule has 0 aromatic heterocycles. The summed E-state index contributed by atoms with van der Waals surface area (Å²) in [5, 5.41) is 17.3. The summed E-state index contributed by atoms with van der Waals surface area (Å²) in [7, 11) is 0. The first-order valence-electron chi connectivity index (χ1n) is 6.19. The Kier molecular flexibility index (Phi) is 6.21. The smallest absolute Gasteiger partial charge is 0.221 e. The van der Waals surface area contributed by atoms with Crippen LogP contribution in [-0.4, -0.2) is 23.5 Å². The van der Waals surface area contributed by atoms with Gasteiger partial charge in [0.05, 0.1) is 0 Å². The number of amidine groups is 1. The van der Waals surface area contributed by atoms with Gasteiger partial charge in [0.2, 0.25) is 5.91 Å². The summed E-state index contributed by atoms with van der Waals surface area (Å²) >= 11 is 0. The van der Waals surface area contributed by atoms with Crippen LogP contribution in [-0.2, 0) is 4.79 Å². The Bertz CT molecular complexity index is 429. The molecule has 0 aliphatic rings. The molecule has 6 heteroatoms. The summed E-state index contributed by atoms with van der Waals surface area (Å²) in [5.74, 6) is 0.184. The van der Waals surface area contributed by atoms with E-state index in [0.717, 1.165) is 30.8 Å². The number of hydrogen-bond donors (Lipinski definition) is 4. The third kappa shape index (κ3) is 6.30. The van der Waals surface area contributed by atoms with E-state index in [4.69, 9.17) is 10.9 Å². The molecule has 0 aliphatic carbocycles. The van der Waals surface area contributed by atoms with Gasteiger partial charge >= 0.3 is 0 Å². The van der Waals surface area contributed by atoms with Crippen LogP contribution in [0.5, 0.6) is 0 Å². The van der Waals surface area contributed by atoms with Crippen molar-refractivity contribution in [3.8, 4) is 0 Å². The molecule has 1 rings (SSSR count). The van der Waals surface area contributed by atoms with Crippen LogP contribution in [0.1, 0.15) is 26.2 Å². The molecule has 6 nitrogen and oxygen atoms in total. The average Bonchev–Trinajstić information content (AvgIpc) is 2.39. The van der Waals surface area contributed by atoms with Crippen molar-refractivity contribution in [3.05, 3.63) is 24.3 Å². The first kappa shape index (κ1) is 14.8. The maximum Gasteiger partial charge on any atom is 0.221 e. The fraction of sp³-hybridized carbons (Fsp3) is 0.385. The van der Waals surface area contributed by atoms with Gasteiger partial charge in [-0.3, -0.25) is 4.79 Å². The van der Waals surface area contributed by atoms with E-state index in [-0.39, 0.29) is 11.7 Å². The van der Waals surface area contributed by atoms with E-state index in [0.29, 0.717) is 6.42 Å². The number of carbonyl (C=O) groups excluding carboxylic acids is 1. The summed E-state index contributed by atoms with van der Waals surface area (Å²) in [4.78, 5) is 10.9. The van der Waals surface area contributed by atoms with Crippen molar-refractivity contribution in [1.82, 2.24) is 0 Å². The van der Waals surface area contributed by atoms with Crippen LogP contribution in [0.3, 0.4) is 0 Å². The van der Waals surface area contributed by atoms with Crippen LogP contribution in [0.15, 0.2) is 29.4 Å². The SMILES string of the molecule is CC(=O)Nc1ccc(NCCCCC(N)=NO)cc1. The molecule has 19 heavy (non-hydrogen) atoms. The third-order valence-electron chi connectivity index (χ3n) is 2.52. The molecular weight excluding hydrogens is 244 g/mol. The second kappa shape index (κ2) is 7.97. The van der Waals surface area contributed by atoms with Crippen LogP contribution >= 0.6 is 0 Å². The molecule has 1 aromatic carbocycles. The highest BCUT2D eigenvalue weighted by Gasteiger charge is 1.97. The van der Waals surface area contributed by atoms with E-state index >= 15 is 0 Å². The summed E-state index contributed by atoms with van der Waals surface area (Å²) in [6.07, 6.45) is 2.40. The Morgan fingerprint density at radius 3 is 2.47 bits per heavy atom. The number of hydrogen-bond acceptors (Lipinski definition) is 4. The number of benzene rings is 1. The minimum atomic E-state index is -0.0798. The summed E-state index contributed by atoms with van der Waals surface area (Å²) < 4.78 is 0. The first-order valence-corrected chi connectivity index (χ1v) is 6.19. The lowest BCUT2D eigenvalue weighted by atomic mass is 10.2. The first-order chi connectivity index (χ1) is 9.11. The number of carbonyl (C=O) groups is 1. The lowest BCUT2D eigenvalue weighted by Crippen LogP contribution is -2.11. The maximum atomic E-state index is 10.9. The molecule has 0 unspecified atom stereocenters. The topological polar surface area (TPSA) is 99.7 Å². The fourth-order valence-electron chi connectivity index (χ4n) is 1.59. The molecule has 5 N–H and O–H groups in total. The standard InChI is InChI=1S/C13H20N4O2/c1-10(18)16-12-7-5-11(6-8-12)15-9-3-2-4-13(14)17-19/h5-8,15,19H,2-4,9H2,1H3,(H2,14,17)(H,16,18). The van der Waals surface area contributed by atoms with Gasteiger partial charge in [0.25, 0.3) is 0 Å². The second-order valence-corrected chi connectivity index (χ2v) is 4.23. The molecule has 0 saturated carbocycles. The molecule has 1 aromatic rings. The number of nitrogens with zero attached hydrogens (tertiary/aromatic N) is 1. The monoisotopic (exact) mass is 264 g/mol. The van der Waals surface area contributed by atoms with Gasteiger partial charge < -0.3 is 21.6 Å². The van der Waals surface area contributed by atoms with Crippen molar-refractivity contribution < 1.29 is 10.0 Å². The number of nitrogens with one attached hydrogen (secondary N) is 2. The quantitative estimate of drug-likeness (QED) is 0.199. The van der Waals surface area contributed by atoms with Gasteiger partial charge in [-0.25, -0.2) is 0 Å². The Hall–Kier alpha value is -2.24. The zero-order valence-electron chi connectivity index (χ0n) is 11.0. The molecule has 1 amide bonds. The van der Waals surface area contributed by atoms with Gasteiger partial charge in [-0.15, -0.1) is 0 Å². The van der Waals surface area contributed by atoms with Gasteiger partial charge in [-0.2, -0.15) is 0 Å². The maximum absolute atomic E-state index is 10.9. The number of anilines is 2. The third-order valence-corrected chi connectivity index (χ3v) is 2.52. The zero-order chi connectivity index (χ0) is 14.1. The van der Waals surface area contributed by atoms with Crippen molar-refractivity contribution >= 4 is 23.1 Å². The van der Waals surface area contributed by atoms with E-state index < -0.39 is 0 Å². The largest absolute Gasteiger partial charge is 0.409 e. The van der Waals surface area contributed by atoms with Crippen LogP contribution in [0, 0.1) is 0 Å². The van der Waals surface area contributed by atoms with Crippen LogP contribution in [0.2, 0.25) is 0 Å². The van der Waals surface area contributed by atoms with E-state index in [1.165, 1.54) is 6.92 Å². The Labute approximate surface area is 112 Å². The van der Waals surface area contributed by atoms with Crippen LogP contribution < -0.4 is 16.4 Å². The van der Waals surface area contributed by atoms with Crippen molar-refractivity contribution in [3.63, 3.8) is 0 Å². The Morgan fingerprint density at radius 1 is 1.26 bits per heavy atom. The summed E-state index contributed by atoms with van der Waals surface area (Å²) in [6, 6.07) is 7.52. The van der Waals surface area contributed by atoms with E-state index in [1.54, 1.807) is 0 Å². The van der Waals surface area contributed by atoms with Crippen molar-refractivity contribution in [1.29, 1.82) is 0 Å². The molecule has 0 bridgehead atoms. The molecule has 0 heterocycles. The highest BCUT2D eigenvalue weighted by molar-refractivity contribution is 5.88. The fourth-order valence-corrected chi connectivity index (χ4v) is 1.59. The highest BCUT2D eigenvalue weighted by atomic mass is 16.4. The summed E-state index contributed by atoms with van der Waals surface area (Å²) in [5.41, 5.74) is 7.15. The number of rotatable bonds is 7. The van der Waals surface area contributed by atoms with Gasteiger partial charge in [0, 0.05) is 31.3 Å². The van der Waals surface area contributed by atoms with Crippen LogP contribution in [0.4, 0.5) is 11.4 Å². The average molecular weight is 264 g/mol. The van der Waals surface area contributed by atoms with Gasteiger partial charge in [-0.05, 0) is 37.1 Å². The molecule has 0 saturated heterocycles. The molecule has 104 valence electrons. The van der Waals surface area contributed by atoms with Crippen LogP contribution in [0.25, 0.3) is 0 Å². The Morgan fingerprint density at radius 2 is 1.89 bits per heavy atom. The number of oxime groups is 1. The van der Waals surface area contributed by atoms with Crippen molar-refractivity contribution in [2.45, 2.75) is 26.2 Å².